The van der Waals surface area contributed by atoms with Crippen molar-refractivity contribution in [2.45, 2.75) is 45.0 Å². The molecule has 0 saturated heterocycles. The Bertz CT molecular complexity index is 495. The Morgan fingerprint density at radius 3 is 2.27 bits per heavy atom. The maximum Gasteiger partial charge on any atom is 0.573 e. The van der Waals surface area contributed by atoms with Crippen LogP contribution in [0.4, 0.5) is 23.7 Å². The van der Waals surface area contributed by atoms with Crippen LogP contribution in [-0.2, 0) is 0 Å². The first-order valence-electron chi connectivity index (χ1n) is 7.25. The van der Waals surface area contributed by atoms with E-state index in [2.05, 4.69) is 22.3 Å². The summed E-state index contributed by atoms with van der Waals surface area (Å²) in [6, 6.07) is 4.86. The number of urea groups is 1. The number of nitrogens with one attached hydrogen (secondary N) is 2. The van der Waals surface area contributed by atoms with Crippen molar-refractivity contribution in [3.63, 3.8) is 0 Å². The van der Waals surface area contributed by atoms with Crippen molar-refractivity contribution < 1.29 is 22.7 Å². The highest BCUT2D eigenvalue weighted by Gasteiger charge is 2.31. The van der Waals surface area contributed by atoms with Gasteiger partial charge in [0.05, 0.1) is 0 Å². The maximum absolute atomic E-state index is 12.0. The van der Waals surface area contributed by atoms with E-state index in [-0.39, 0.29) is 17.8 Å². The fraction of sp³-hybridized carbons (Fsp3) is 0.533. The first-order valence-corrected chi connectivity index (χ1v) is 7.25. The fourth-order valence-electron chi connectivity index (χ4n) is 2.50. The molecule has 0 unspecified atom stereocenters. The topological polar surface area (TPSA) is 50.4 Å². The van der Waals surface area contributed by atoms with Crippen LogP contribution in [0.1, 0.15) is 32.6 Å². The quantitative estimate of drug-likeness (QED) is 0.874. The highest BCUT2D eigenvalue weighted by Crippen LogP contribution is 2.25. The van der Waals surface area contributed by atoms with E-state index in [1.54, 1.807) is 0 Å². The van der Waals surface area contributed by atoms with Gasteiger partial charge < -0.3 is 15.4 Å². The van der Waals surface area contributed by atoms with E-state index in [0.717, 1.165) is 37.8 Å². The summed E-state index contributed by atoms with van der Waals surface area (Å²) in [6.45, 7) is 2.20. The van der Waals surface area contributed by atoms with E-state index in [9.17, 15) is 18.0 Å². The summed E-state index contributed by atoms with van der Waals surface area (Å²) in [5.74, 6) is 0.377. The first kappa shape index (κ1) is 16.5. The highest BCUT2D eigenvalue weighted by atomic mass is 19.4. The number of benzene rings is 1. The largest absolute Gasteiger partial charge is 0.573 e. The molecule has 2 amide bonds. The summed E-state index contributed by atoms with van der Waals surface area (Å²) in [6.07, 6.45) is -0.632. The predicted octanol–water partition coefficient (Wildman–Crippen LogP) is 4.29. The van der Waals surface area contributed by atoms with Gasteiger partial charge in [-0.2, -0.15) is 0 Å². The number of halogens is 3. The molecule has 0 radical (unpaired) electrons. The molecule has 1 saturated carbocycles. The first-order chi connectivity index (χ1) is 10.3. The Labute approximate surface area is 127 Å². The molecule has 1 aromatic rings. The Hall–Kier alpha value is -1.92. The van der Waals surface area contributed by atoms with E-state index in [4.69, 9.17) is 0 Å². The minimum atomic E-state index is -4.72. The monoisotopic (exact) mass is 316 g/mol. The van der Waals surface area contributed by atoms with Crippen molar-refractivity contribution in [1.82, 2.24) is 5.32 Å². The van der Waals surface area contributed by atoms with Crippen LogP contribution in [0.2, 0.25) is 0 Å². The third-order valence-electron chi connectivity index (χ3n) is 3.70. The SMILES string of the molecule is CC1CCC(NC(=O)Nc2ccc(OC(F)(F)F)cc2)CC1. The van der Waals surface area contributed by atoms with Crippen molar-refractivity contribution in [2.24, 2.45) is 5.92 Å². The molecule has 4 nitrogen and oxygen atoms in total. The average Bonchev–Trinajstić information content (AvgIpc) is 2.42. The second-order valence-electron chi connectivity index (χ2n) is 5.63. The summed E-state index contributed by atoms with van der Waals surface area (Å²) < 4.78 is 39.9. The Balaban J connectivity index is 1.81. The molecule has 22 heavy (non-hydrogen) atoms. The lowest BCUT2D eigenvalue weighted by atomic mass is 9.87. The molecule has 122 valence electrons. The molecule has 0 spiro atoms. The minimum absolute atomic E-state index is 0.157. The van der Waals surface area contributed by atoms with Gasteiger partial charge in [0.25, 0.3) is 0 Å². The van der Waals surface area contributed by atoms with E-state index < -0.39 is 6.36 Å². The molecular weight excluding hydrogens is 297 g/mol. The molecule has 0 heterocycles. The van der Waals surface area contributed by atoms with Gasteiger partial charge in [-0.1, -0.05) is 6.92 Å². The molecule has 2 rings (SSSR count). The van der Waals surface area contributed by atoms with E-state index >= 15 is 0 Å². The van der Waals surface area contributed by atoms with Crippen LogP contribution in [0.5, 0.6) is 5.75 Å². The number of ether oxygens (including phenoxy) is 1. The number of hydrogen-bond donors (Lipinski definition) is 2. The second kappa shape index (κ2) is 6.89. The van der Waals surface area contributed by atoms with Gasteiger partial charge in [-0.3, -0.25) is 0 Å². The summed E-state index contributed by atoms with van der Waals surface area (Å²) in [7, 11) is 0. The molecule has 0 aromatic heterocycles. The second-order valence-corrected chi connectivity index (χ2v) is 5.63. The van der Waals surface area contributed by atoms with Crippen molar-refractivity contribution in [1.29, 1.82) is 0 Å². The molecule has 1 fully saturated rings. The van der Waals surface area contributed by atoms with Crippen LogP contribution in [0.25, 0.3) is 0 Å². The number of rotatable bonds is 3. The molecule has 1 aliphatic rings. The fourth-order valence-corrected chi connectivity index (χ4v) is 2.50. The molecule has 1 aliphatic carbocycles. The summed E-state index contributed by atoms with van der Waals surface area (Å²) in [4.78, 5) is 11.8. The van der Waals surface area contributed by atoms with Gasteiger partial charge in [0.15, 0.2) is 0 Å². The average molecular weight is 316 g/mol. The number of carbonyl (C=O) groups excluding carboxylic acids is 1. The minimum Gasteiger partial charge on any atom is -0.406 e. The summed E-state index contributed by atoms with van der Waals surface area (Å²) in [5.41, 5.74) is 0.413. The Kier molecular flexibility index (Phi) is 5.15. The zero-order valence-electron chi connectivity index (χ0n) is 12.2. The maximum atomic E-state index is 12.0. The third kappa shape index (κ3) is 5.46. The van der Waals surface area contributed by atoms with E-state index in [0.29, 0.717) is 11.6 Å². The lowest BCUT2D eigenvalue weighted by molar-refractivity contribution is -0.274. The molecule has 0 aliphatic heterocycles. The summed E-state index contributed by atoms with van der Waals surface area (Å²) >= 11 is 0. The van der Waals surface area contributed by atoms with Crippen LogP contribution < -0.4 is 15.4 Å². The number of alkyl halides is 3. The van der Waals surface area contributed by atoms with Crippen LogP contribution in [0, 0.1) is 5.92 Å². The molecule has 0 atom stereocenters. The van der Waals surface area contributed by atoms with Gasteiger partial charge in [-0.25, -0.2) is 4.79 Å². The molecule has 7 heteroatoms. The van der Waals surface area contributed by atoms with Crippen LogP contribution in [-0.4, -0.2) is 18.4 Å². The van der Waals surface area contributed by atoms with Crippen LogP contribution in [0.15, 0.2) is 24.3 Å². The number of anilines is 1. The zero-order valence-corrected chi connectivity index (χ0v) is 12.2. The molecule has 2 N–H and O–H groups in total. The Morgan fingerprint density at radius 2 is 1.73 bits per heavy atom. The van der Waals surface area contributed by atoms with E-state index in [1.165, 1.54) is 12.1 Å². The van der Waals surface area contributed by atoms with Crippen molar-refractivity contribution in [3.05, 3.63) is 24.3 Å². The predicted molar refractivity (Wildman–Crippen MR) is 76.7 cm³/mol. The Morgan fingerprint density at radius 1 is 1.14 bits per heavy atom. The third-order valence-corrected chi connectivity index (χ3v) is 3.70. The van der Waals surface area contributed by atoms with Gasteiger partial charge in [0, 0.05) is 11.7 Å². The molecular formula is C15H19F3N2O2. The smallest absolute Gasteiger partial charge is 0.406 e. The summed E-state index contributed by atoms with van der Waals surface area (Å²) in [5, 5.41) is 5.48. The van der Waals surface area contributed by atoms with Crippen molar-refractivity contribution >= 4 is 11.7 Å². The van der Waals surface area contributed by atoms with Gasteiger partial charge in [0.2, 0.25) is 0 Å². The van der Waals surface area contributed by atoms with Gasteiger partial charge in [-0.15, -0.1) is 13.2 Å². The van der Waals surface area contributed by atoms with Crippen LogP contribution >= 0.6 is 0 Å². The number of carbonyl (C=O) groups is 1. The standard InChI is InChI=1S/C15H19F3N2O2/c1-10-2-4-11(5-3-10)19-14(21)20-12-6-8-13(9-7-12)22-15(16,17)18/h6-11H,2-5H2,1H3,(H2,19,20,21). The molecule has 0 bridgehead atoms. The van der Waals surface area contributed by atoms with Gasteiger partial charge in [-0.05, 0) is 55.9 Å². The number of amides is 2. The van der Waals surface area contributed by atoms with Crippen molar-refractivity contribution in [3.8, 4) is 5.75 Å². The van der Waals surface area contributed by atoms with Crippen molar-refractivity contribution in [2.75, 3.05) is 5.32 Å². The molecule has 1 aromatic carbocycles. The lowest BCUT2D eigenvalue weighted by Gasteiger charge is -2.26. The van der Waals surface area contributed by atoms with E-state index in [1.807, 2.05) is 0 Å². The lowest BCUT2D eigenvalue weighted by Crippen LogP contribution is -2.39. The van der Waals surface area contributed by atoms with Crippen LogP contribution in [0.3, 0.4) is 0 Å². The van der Waals surface area contributed by atoms with Gasteiger partial charge in [0.1, 0.15) is 5.75 Å². The van der Waals surface area contributed by atoms with Gasteiger partial charge >= 0.3 is 12.4 Å². The highest BCUT2D eigenvalue weighted by molar-refractivity contribution is 5.89. The number of hydrogen-bond acceptors (Lipinski definition) is 2. The normalized spacial score (nSPS) is 22.0. The zero-order chi connectivity index (χ0) is 16.2.